The first-order chi connectivity index (χ1) is 18.9. The molecule has 2 saturated heterocycles. The van der Waals surface area contributed by atoms with E-state index in [4.69, 9.17) is 34.2 Å². The Balaban J connectivity index is 1.22. The van der Waals surface area contributed by atoms with Gasteiger partial charge in [0.05, 0.1) is 52.9 Å². The molecule has 4 fully saturated rings. The molecular weight excluding hydrogens is 494 g/mol. The molecule has 2 heterocycles. The van der Waals surface area contributed by atoms with Gasteiger partial charge in [-0.15, -0.1) is 0 Å². The zero-order valence-electron chi connectivity index (χ0n) is 24.5. The van der Waals surface area contributed by atoms with Crippen molar-refractivity contribution in [3.63, 3.8) is 0 Å². The molecule has 0 aromatic heterocycles. The predicted molar refractivity (Wildman–Crippen MR) is 152 cm³/mol. The standard InChI is InChI=1S/C32H51NO6/c1-4-30(20-36-21-30)18-34-8-10-38-27-6-7-28(32-15-24(3)12-25(16-32)13-26(33)17-32)29(14-27)39-11-9-35-19-31(5-2)22-37-23-31/h6-7,14,24-26H,4-5,8-13,15-23,33H2,1-3H3. The number of rotatable bonds is 15. The summed E-state index contributed by atoms with van der Waals surface area (Å²) in [7, 11) is 0. The van der Waals surface area contributed by atoms with Crippen LogP contribution >= 0.6 is 0 Å². The average Bonchev–Trinajstić information content (AvgIpc) is 2.85. The summed E-state index contributed by atoms with van der Waals surface area (Å²) in [5.41, 5.74) is 8.37. The quantitative estimate of drug-likeness (QED) is 0.306. The molecule has 220 valence electrons. The minimum absolute atomic E-state index is 0.0761. The second-order valence-corrected chi connectivity index (χ2v) is 13.2. The second kappa shape index (κ2) is 12.6. The molecule has 0 spiro atoms. The molecule has 5 rings (SSSR count). The third-order valence-electron chi connectivity index (χ3n) is 9.90. The van der Waals surface area contributed by atoms with Crippen molar-refractivity contribution in [2.24, 2.45) is 28.4 Å². The monoisotopic (exact) mass is 545 g/mol. The summed E-state index contributed by atoms with van der Waals surface area (Å²) in [6, 6.07) is 6.69. The van der Waals surface area contributed by atoms with Gasteiger partial charge in [-0.2, -0.15) is 0 Å². The van der Waals surface area contributed by atoms with E-state index in [-0.39, 0.29) is 22.3 Å². The van der Waals surface area contributed by atoms with Crippen LogP contribution < -0.4 is 15.2 Å². The summed E-state index contributed by atoms with van der Waals surface area (Å²) in [6.07, 6.45) is 7.99. The van der Waals surface area contributed by atoms with E-state index in [1.54, 1.807) is 0 Å². The maximum Gasteiger partial charge on any atom is 0.126 e. The number of fused-ring (bicyclic) bond motifs is 2. The molecule has 0 radical (unpaired) electrons. The van der Waals surface area contributed by atoms with Crippen molar-refractivity contribution in [2.75, 3.05) is 66.1 Å². The molecule has 2 bridgehead atoms. The fraction of sp³-hybridized carbons (Fsp3) is 0.812. The van der Waals surface area contributed by atoms with Crippen LogP contribution in [0.1, 0.15) is 71.3 Å². The van der Waals surface area contributed by atoms with Gasteiger partial charge in [0.25, 0.3) is 0 Å². The molecule has 0 amide bonds. The summed E-state index contributed by atoms with van der Waals surface area (Å²) in [6.45, 7) is 13.6. The number of hydrogen-bond donors (Lipinski definition) is 1. The van der Waals surface area contributed by atoms with Crippen LogP contribution in [0.3, 0.4) is 0 Å². The molecule has 2 aliphatic heterocycles. The van der Waals surface area contributed by atoms with Gasteiger partial charge in [0, 0.05) is 33.9 Å². The first-order valence-electron chi connectivity index (χ1n) is 15.4. The van der Waals surface area contributed by atoms with Crippen LogP contribution in [-0.2, 0) is 24.4 Å². The fourth-order valence-electron chi connectivity index (χ4n) is 7.44. The number of benzene rings is 1. The largest absolute Gasteiger partial charge is 0.491 e. The molecule has 1 aromatic carbocycles. The average molecular weight is 546 g/mol. The number of ether oxygens (including phenoxy) is 6. The first-order valence-corrected chi connectivity index (χ1v) is 15.4. The lowest BCUT2D eigenvalue weighted by atomic mass is 9.55. The highest BCUT2D eigenvalue weighted by Crippen LogP contribution is 2.54. The molecule has 2 saturated carbocycles. The Morgan fingerprint density at radius 1 is 0.821 bits per heavy atom. The topological polar surface area (TPSA) is 81.4 Å². The van der Waals surface area contributed by atoms with Crippen LogP contribution in [0, 0.1) is 22.7 Å². The van der Waals surface area contributed by atoms with Crippen molar-refractivity contribution in [1.82, 2.24) is 0 Å². The van der Waals surface area contributed by atoms with E-state index in [0.29, 0.717) is 38.3 Å². The van der Waals surface area contributed by atoms with Crippen LogP contribution in [0.2, 0.25) is 0 Å². The van der Waals surface area contributed by atoms with Gasteiger partial charge < -0.3 is 34.2 Å². The Bertz CT molecular complexity index is 899. The Hall–Kier alpha value is -1.38. The Kier molecular flexibility index (Phi) is 9.44. The van der Waals surface area contributed by atoms with E-state index >= 15 is 0 Å². The van der Waals surface area contributed by atoms with Crippen molar-refractivity contribution in [3.05, 3.63) is 23.8 Å². The molecule has 7 heteroatoms. The van der Waals surface area contributed by atoms with Gasteiger partial charge in [-0.1, -0.05) is 26.8 Å². The summed E-state index contributed by atoms with van der Waals surface area (Å²) in [4.78, 5) is 0. The van der Waals surface area contributed by atoms with Gasteiger partial charge in [-0.05, 0) is 62.8 Å². The minimum atomic E-state index is 0.0761. The number of hydrogen-bond acceptors (Lipinski definition) is 7. The molecule has 4 unspecified atom stereocenters. The molecule has 4 aliphatic rings. The van der Waals surface area contributed by atoms with E-state index in [1.807, 2.05) is 0 Å². The van der Waals surface area contributed by atoms with Gasteiger partial charge in [-0.25, -0.2) is 0 Å². The molecule has 7 nitrogen and oxygen atoms in total. The van der Waals surface area contributed by atoms with Crippen LogP contribution in [0.15, 0.2) is 18.2 Å². The van der Waals surface area contributed by atoms with Crippen molar-refractivity contribution in [1.29, 1.82) is 0 Å². The molecule has 39 heavy (non-hydrogen) atoms. The summed E-state index contributed by atoms with van der Waals surface area (Å²) < 4.78 is 35.4. The SMILES string of the molecule is CCC1(COCCOc2ccc(C34CC(C)CC(CC(N)C3)C4)c(OCCOCC3(CC)COC3)c2)COC1. The number of nitrogens with two attached hydrogens (primary N) is 1. The van der Waals surface area contributed by atoms with Crippen molar-refractivity contribution in [3.8, 4) is 11.5 Å². The van der Waals surface area contributed by atoms with Crippen molar-refractivity contribution in [2.45, 2.75) is 77.2 Å². The van der Waals surface area contributed by atoms with Crippen LogP contribution in [0.25, 0.3) is 0 Å². The minimum Gasteiger partial charge on any atom is -0.491 e. The smallest absolute Gasteiger partial charge is 0.126 e. The highest BCUT2D eigenvalue weighted by Gasteiger charge is 2.47. The second-order valence-electron chi connectivity index (χ2n) is 13.2. The fourth-order valence-corrected chi connectivity index (χ4v) is 7.44. The van der Waals surface area contributed by atoms with E-state index in [1.165, 1.54) is 24.8 Å². The highest BCUT2D eigenvalue weighted by molar-refractivity contribution is 5.46. The Labute approximate surface area is 235 Å². The van der Waals surface area contributed by atoms with Crippen molar-refractivity contribution >= 4 is 0 Å². The Morgan fingerprint density at radius 2 is 1.46 bits per heavy atom. The zero-order valence-corrected chi connectivity index (χ0v) is 24.5. The third-order valence-corrected chi connectivity index (χ3v) is 9.90. The van der Waals surface area contributed by atoms with E-state index < -0.39 is 0 Å². The van der Waals surface area contributed by atoms with Crippen molar-refractivity contribution < 1.29 is 28.4 Å². The van der Waals surface area contributed by atoms with E-state index in [0.717, 1.165) is 76.8 Å². The van der Waals surface area contributed by atoms with E-state index in [9.17, 15) is 0 Å². The maximum atomic E-state index is 6.62. The van der Waals surface area contributed by atoms with Gasteiger partial charge in [0.1, 0.15) is 24.7 Å². The zero-order chi connectivity index (χ0) is 27.3. The molecular formula is C32H51NO6. The Morgan fingerprint density at radius 3 is 2.05 bits per heavy atom. The van der Waals surface area contributed by atoms with Gasteiger partial charge in [0.2, 0.25) is 0 Å². The normalized spacial score (nSPS) is 30.7. The summed E-state index contributed by atoms with van der Waals surface area (Å²) in [5.74, 6) is 3.14. The summed E-state index contributed by atoms with van der Waals surface area (Å²) in [5, 5.41) is 0. The predicted octanol–water partition coefficient (Wildman–Crippen LogP) is 5.13. The van der Waals surface area contributed by atoms with Gasteiger partial charge in [0.15, 0.2) is 0 Å². The molecule has 1 aromatic rings. The van der Waals surface area contributed by atoms with Crippen LogP contribution in [0.5, 0.6) is 11.5 Å². The maximum absolute atomic E-state index is 6.62. The lowest BCUT2D eigenvalue weighted by Gasteiger charge is -2.50. The highest BCUT2D eigenvalue weighted by atomic mass is 16.5. The van der Waals surface area contributed by atoms with Crippen LogP contribution in [-0.4, -0.2) is 72.1 Å². The molecule has 2 aliphatic carbocycles. The van der Waals surface area contributed by atoms with Gasteiger partial charge in [-0.3, -0.25) is 0 Å². The lowest BCUT2D eigenvalue weighted by molar-refractivity contribution is -0.151. The lowest BCUT2D eigenvalue weighted by Crippen LogP contribution is -2.47. The third kappa shape index (κ3) is 6.75. The van der Waals surface area contributed by atoms with Gasteiger partial charge >= 0.3 is 0 Å². The van der Waals surface area contributed by atoms with E-state index in [2.05, 4.69) is 39.0 Å². The van der Waals surface area contributed by atoms with Crippen LogP contribution in [0.4, 0.5) is 0 Å². The first kappa shape index (κ1) is 29.1. The molecule has 2 N–H and O–H groups in total. The molecule has 4 atom stereocenters. The summed E-state index contributed by atoms with van der Waals surface area (Å²) >= 11 is 0.